The van der Waals surface area contributed by atoms with Crippen LogP contribution in [0.2, 0.25) is 0 Å². The van der Waals surface area contributed by atoms with Crippen molar-refractivity contribution in [1.82, 2.24) is 5.32 Å². The second kappa shape index (κ2) is 8.43. The molecule has 2 aromatic rings. The zero-order chi connectivity index (χ0) is 17.6. The number of rotatable bonds is 7. The van der Waals surface area contributed by atoms with E-state index in [9.17, 15) is 4.79 Å². The molecule has 0 spiro atoms. The lowest BCUT2D eigenvalue weighted by Gasteiger charge is -2.15. The van der Waals surface area contributed by atoms with Crippen molar-refractivity contribution in [2.45, 2.75) is 38.0 Å². The lowest BCUT2D eigenvalue weighted by molar-refractivity contribution is -0.119. The number of methoxy groups -OCH3 is 1. The third kappa shape index (κ3) is 4.79. The monoisotopic (exact) mass is 355 g/mol. The van der Waals surface area contributed by atoms with Crippen molar-refractivity contribution < 1.29 is 9.53 Å². The number of aryl methyl sites for hydroxylation is 2. The molecule has 0 bridgehead atoms. The predicted octanol–water partition coefficient (Wildman–Crippen LogP) is 4.29. The van der Waals surface area contributed by atoms with E-state index in [0.717, 1.165) is 11.5 Å². The number of thioether (sulfide) groups is 1. The van der Waals surface area contributed by atoms with Gasteiger partial charge >= 0.3 is 0 Å². The summed E-state index contributed by atoms with van der Waals surface area (Å²) in [6.45, 7) is 2.06. The van der Waals surface area contributed by atoms with Gasteiger partial charge in [0.1, 0.15) is 5.75 Å². The number of fused-ring (bicyclic) bond motifs is 1. The van der Waals surface area contributed by atoms with Crippen molar-refractivity contribution in [3.05, 3.63) is 64.7 Å². The average molecular weight is 356 g/mol. The first kappa shape index (κ1) is 17.9. The molecule has 3 rings (SSSR count). The Kier molecular flexibility index (Phi) is 6.03. The van der Waals surface area contributed by atoms with Crippen LogP contribution in [0, 0.1) is 0 Å². The van der Waals surface area contributed by atoms with E-state index in [1.807, 2.05) is 24.3 Å². The number of nitrogens with one attached hydrogen (secondary N) is 1. The summed E-state index contributed by atoms with van der Waals surface area (Å²) < 4.78 is 5.15. The van der Waals surface area contributed by atoms with Crippen LogP contribution in [-0.4, -0.2) is 18.8 Å². The minimum atomic E-state index is 0.0555. The van der Waals surface area contributed by atoms with E-state index in [4.69, 9.17) is 4.74 Å². The summed E-state index contributed by atoms with van der Waals surface area (Å²) in [4.78, 5) is 12.2. The van der Waals surface area contributed by atoms with Gasteiger partial charge < -0.3 is 10.1 Å². The van der Waals surface area contributed by atoms with Crippen LogP contribution >= 0.6 is 11.8 Å². The molecule has 0 heterocycles. The molecule has 25 heavy (non-hydrogen) atoms. The molecule has 0 saturated carbocycles. The van der Waals surface area contributed by atoms with Crippen LogP contribution in [0.5, 0.6) is 5.75 Å². The molecule has 0 unspecified atom stereocenters. The van der Waals surface area contributed by atoms with Gasteiger partial charge in [0.2, 0.25) is 5.91 Å². The van der Waals surface area contributed by atoms with Gasteiger partial charge in [-0.1, -0.05) is 30.3 Å². The molecule has 132 valence electrons. The SMILES string of the molecule is COc1ccc(CSCC(=O)N[C@@H](C)c2ccc3c(c2)CCC3)cc1. The normalized spacial score (nSPS) is 14.0. The number of ether oxygens (including phenoxy) is 1. The maximum absolute atomic E-state index is 12.2. The Morgan fingerprint density at radius 3 is 2.68 bits per heavy atom. The fourth-order valence-electron chi connectivity index (χ4n) is 3.21. The summed E-state index contributed by atoms with van der Waals surface area (Å²) in [5.74, 6) is 2.24. The quantitative estimate of drug-likeness (QED) is 0.805. The van der Waals surface area contributed by atoms with Crippen LogP contribution in [0.25, 0.3) is 0 Å². The molecule has 0 fully saturated rings. The van der Waals surface area contributed by atoms with Gasteiger partial charge in [0.15, 0.2) is 0 Å². The summed E-state index contributed by atoms with van der Waals surface area (Å²) in [5.41, 5.74) is 5.32. The molecular weight excluding hydrogens is 330 g/mol. The summed E-state index contributed by atoms with van der Waals surface area (Å²) in [5, 5.41) is 3.11. The van der Waals surface area contributed by atoms with Gasteiger partial charge in [-0.25, -0.2) is 0 Å². The highest BCUT2D eigenvalue weighted by Gasteiger charge is 2.14. The Morgan fingerprint density at radius 2 is 1.92 bits per heavy atom. The summed E-state index contributed by atoms with van der Waals surface area (Å²) in [6.07, 6.45) is 3.61. The van der Waals surface area contributed by atoms with Crippen LogP contribution < -0.4 is 10.1 Å². The summed E-state index contributed by atoms with van der Waals surface area (Å²) >= 11 is 1.63. The number of carbonyl (C=O) groups excluding carboxylic acids is 1. The van der Waals surface area contributed by atoms with Crippen molar-refractivity contribution in [3.63, 3.8) is 0 Å². The number of amides is 1. The van der Waals surface area contributed by atoms with Crippen LogP contribution in [-0.2, 0) is 23.4 Å². The fourth-order valence-corrected chi connectivity index (χ4v) is 4.01. The summed E-state index contributed by atoms with van der Waals surface area (Å²) in [7, 11) is 1.66. The largest absolute Gasteiger partial charge is 0.497 e. The molecule has 1 aliphatic rings. The fraction of sp³-hybridized carbons (Fsp3) is 0.381. The van der Waals surface area contributed by atoms with Gasteiger partial charge in [-0.3, -0.25) is 4.79 Å². The van der Waals surface area contributed by atoms with Crippen molar-refractivity contribution in [2.75, 3.05) is 12.9 Å². The van der Waals surface area contributed by atoms with Gasteiger partial charge in [0.05, 0.1) is 18.9 Å². The van der Waals surface area contributed by atoms with Crippen molar-refractivity contribution in [3.8, 4) is 5.75 Å². The second-order valence-corrected chi connectivity index (χ2v) is 7.50. The van der Waals surface area contributed by atoms with Crippen molar-refractivity contribution >= 4 is 17.7 Å². The predicted molar refractivity (Wildman–Crippen MR) is 104 cm³/mol. The van der Waals surface area contributed by atoms with E-state index in [1.165, 1.54) is 41.5 Å². The Bertz CT molecular complexity index is 727. The third-order valence-corrected chi connectivity index (χ3v) is 5.66. The van der Waals surface area contributed by atoms with E-state index in [1.54, 1.807) is 18.9 Å². The first-order valence-corrected chi connectivity index (χ1v) is 9.93. The zero-order valence-corrected chi connectivity index (χ0v) is 15.7. The van der Waals surface area contributed by atoms with E-state index >= 15 is 0 Å². The average Bonchev–Trinajstić information content (AvgIpc) is 3.10. The molecule has 0 saturated heterocycles. The lowest BCUT2D eigenvalue weighted by atomic mass is 10.0. The molecule has 0 radical (unpaired) electrons. The summed E-state index contributed by atoms with van der Waals surface area (Å²) in [6, 6.07) is 14.7. The Morgan fingerprint density at radius 1 is 1.16 bits per heavy atom. The van der Waals surface area contributed by atoms with Gasteiger partial charge in [-0.05, 0) is 60.6 Å². The minimum Gasteiger partial charge on any atom is -0.497 e. The molecule has 1 N–H and O–H groups in total. The highest BCUT2D eigenvalue weighted by molar-refractivity contribution is 7.99. The van der Waals surface area contributed by atoms with Crippen LogP contribution in [0.4, 0.5) is 0 Å². The third-order valence-electron chi connectivity index (χ3n) is 4.66. The van der Waals surface area contributed by atoms with Crippen LogP contribution in [0.1, 0.15) is 41.6 Å². The Hall–Kier alpha value is -1.94. The molecule has 1 atom stereocenters. The second-order valence-electron chi connectivity index (χ2n) is 6.51. The molecule has 0 aromatic heterocycles. The Balaban J connectivity index is 1.45. The molecule has 1 aliphatic carbocycles. The van der Waals surface area contributed by atoms with Gasteiger partial charge in [-0.15, -0.1) is 11.8 Å². The molecule has 2 aromatic carbocycles. The van der Waals surface area contributed by atoms with Gasteiger partial charge in [-0.2, -0.15) is 0 Å². The van der Waals surface area contributed by atoms with E-state index < -0.39 is 0 Å². The first-order chi connectivity index (χ1) is 12.2. The van der Waals surface area contributed by atoms with E-state index in [0.29, 0.717) is 5.75 Å². The molecule has 1 amide bonds. The highest BCUT2D eigenvalue weighted by atomic mass is 32.2. The molecular formula is C21H25NO2S. The Labute approximate surface area is 154 Å². The number of carbonyl (C=O) groups is 1. The highest BCUT2D eigenvalue weighted by Crippen LogP contribution is 2.25. The maximum atomic E-state index is 12.2. The van der Waals surface area contributed by atoms with Crippen LogP contribution in [0.3, 0.4) is 0 Å². The van der Waals surface area contributed by atoms with E-state index in [-0.39, 0.29) is 11.9 Å². The first-order valence-electron chi connectivity index (χ1n) is 8.77. The topological polar surface area (TPSA) is 38.3 Å². The standard InChI is InChI=1S/C21H25NO2S/c1-15(18-9-8-17-4-3-5-19(17)12-18)22-21(23)14-25-13-16-6-10-20(24-2)11-7-16/h6-12,15H,3-5,13-14H2,1-2H3,(H,22,23)/t15-/m0/s1. The minimum absolute atomic E-state index is 0.0555. The molecule has 3 nitrogen and oxygen atoms in total. The van der Waals surface area contributed by atoms with Gasteiger partial charge in [0.25, 0.3) is 0 Å². The number of hydrogen-bond acceptors (Lipinski definition) is 3. The van der Waals surface area contributed by atoms with Crippen molar-refractivity contribution in [1.29, 1.82) is 0 Å². The number of benzene rings is 2. The van der Waals surface area contributed by atoms with Crippen LogP contribution in [0.15, 0.2) is 42.5 Å². The van der Waals surface area contributed by atoms with E-state index in [2.05, 4.69) is 30.4 Å². The molecule has 0 aliphatic heterocycles. The lowest BCUT2D eigenvalue weighted by Crippen LogP contribution is -2.28. The zero-order valence-electron chi connectivity index (χ0n) is 14.9. The number of hydrogen-bond donors (Lipinski definition) is 1. The van der Waals surface area contributed by atoms with Crippen molar-refractivity contribution in [2.24, 2.45) is 0 Å². The maximum Gasteiger partial charge on any atom is 0.230 e. The molecule has 4 heteroatoms. The van der Waals surface area contributed by atoms with Gasteiger partial charge in [0, 0.05) is 5.75 Å². The smallest absolute Gasteiger partial charge is 0.230 e.